The van der Waals surface area contributed by atoms with Crippen molar-refractivity contribution in [1.82, 2.24) is 20.6 Å². The lowest BCUT2D eigenvalue weighted by Gasteiger charge is -2.23. The van der Waals surface area contributed by atoms with E-state index in [1.165, 1.54) is 12.1 Å². The maximum Gasteiger partial charge on any atom is 0.242 e. The molecule has 0 saturated carbocycles. The Hall–Kier alpha value is -5.32. The van der Waals surface area contributed by atoms with Gasteiger partial charge < -0.3 is 15.6 Å². The third-order valence-electron chi connectivity index (χ3n) is 8.64. The van der Waals surface area contributed by atoms with Crippen LogP contribution in [0.3, 0.4) is 0 Å². The fourth-order valence-electron chi connectivity index (χ4n) is 6.14. The first kappa shape index (κ1) is 32.6. The van der Waals surface area contributed by atoms with Gasteiger partial charge in [-0.3, -0.25) is 9.59 Å². The molecular formula is C38H37N5O4S. The van der Waals surface area contributed by atoms with Gasteiger partial charge in [-0.15, -0.1) is 0 Å². The molecular weight excluding hydrogens is 623 g/mol. The van der Waals surface area contributed by atoms with Crippen molar-refractivity contribution in [2.24, 2.45) is 11.1 Å². The van der Waals surface area contributed by atoms with Crippen LogP contribution in [-0.4, -0.2) is 42.8 Å². The summed E-state index contributed by atoms with van der Waals surface area (Å²) < 4.78 is 23.2. The molecule has 9 nitrogen and oxygen atoms in total. The van der Waals surface area contributed by atoms with Crippen LogP contribution < -0.4 is 15.8 Å². The van der Waals surface area contributed by atoms with Gasteiger partial charge in [0, 0.05) is 30.8 Å². The lowest BCUT2D eigenvalue weighted by Crippen LogP contribution is -2.50. The quantitative estimate of drug-likeness (QED) is 0.140. The van der Waals surface area contributed by atoms with Gasteiger partial charge in [-0.25, -0.2) is 18.5 Å². The number of rotatable bonds is 13. The predicted octanol–water partition coefficient (Wildman–Crippen LogP) is 4.85. The van der Waals surface area contributed by atoms with Gasteiger partial charge in [-0.2, -0.15) is 0 Å². The molecule has 1 unspecified atom stereocenters. The molecule has 0 aliphatic carbocycles. The number of carbonyl (C=O) groups is 2. The molecule has 2 amide bonds. The maximum atomic E-state index is 14.3. The summed E-state index contributed by atoms with van der Waals surface area (Å²) in [5, 5.41) is 15.6. The van der Waals surface area contributed by atoms with Gasteiger partial charge in [-0.1, -0.05) is 97.1 Å². The minimum atomic E-state index is -3.79. The zero-order chi connectivity index (χ0) is 33.5. The van der Waals surface area contributed by atoms with E-state index in [1.807, 2.05) is 36.4 Å². The second kappa shape index (κ2) is 14.6. The van der Waals surface area contributed by atoms with Crippen LogP contribution in [0, 0.1) is 5.92 Å². The van der Waals surface area contributed by atoms with Crippen molar-refractivity contribution < 1.29 is 18.0 Å². The molecule has 48 heavy (non-hydrogen) atoms. The molecule has 0 aliphatic rings. The number of aromatic amines is 1. The summed E-state index contributed by atoms with van der Waals surface area (Å²) in [7, 11) is -3.79. The van der Waals surface area contributed by atoms with Gasteiger partial charge in [-0.05, 0) is 69.6 Å². The maximum absolute atomic E-state index is 14.3. The summed E-state index contributed by atoms with van der Waals surface area (Å²) in [6.07, 6.45) is 4.86. The number of aromatic nitrogens is 2. The van der Waals surface area contributed by atoms with Gasteiger partial charge in [0.1, 0.15) is 6.04 Å². The number of hydrogen-bond acceptors (Lipinski definition) is 5. The van der Waals surface area contributed by atoms with Gasteiger partial charge in [0.05, 0.1) is 11.2 Å². The highest BCUT2D eigenvalue weighted by atomic mass is 32.2. The van der Waals surface area contributed by atoms with Crippen LogP contribution in [0.15, 0.2) is 127 Å². The molecule has 6 aromatic rings. The Labute approximate surface area is 279 Å². The number of carbonyl (C=O) groups excluding carboxylic acids is 2. The fraction of sp³-hybridized carbons (Fsp3) is 0.184. The van der Waals surface area contributed by atoms with Crippen LogP contribution >= 0.6 is 0 Å². The summed E-state index contributed by atoms with van der Waals surface area (Å²) in [6, 6.07) is 34.0. The van der Waals surface area contributed by atoms with Crippen molar-refractivity contribution >= 4 is 43.4 Å². The van der Waals surface area contributed by atoms with Gasteiger partial charge in [0.25, 0.3) is 0 Å². The predicted molar refractivity (Wildman–Crippen MR) is 188 cm³/mol. The van der Waals surface area contributed by atoms with Crippen molar-refractivity contribution in [3.63, 3.8) is 0 Å². The monoisotopic (exact) mass is 659 g/mol. The zero-order valence-corrected chi connectivity index (χ0v) is 27.1. The molecule has 0 bridgehead atoms. The highest BCUT2D eigenvalue weighted by Gasteiger charge is 2.27. The molecule has 5 N–H and O–H groups in total. The van der Waals surface area contributed by atoms with Crippen LogP contribution in [0.5, 0.6) is 0 Å². The topological polar surface area (TPSA) is 147 Å². The molecule has 0 saturated heterocycles. The molecule has 0 spiro atoms. The minimum Gasteiger partial charge on any atom is -0.354 e. The molecule has 0 aliphatic heterocycles. The second-order valence-electron chi connectivity index (χ2n) is 12.0. The summed E-state index contributed by atoms with van der Waals surface area (Å²) in [6.45, 7) is 0.290. The third kappa shape index (κ3) is 7.96. The van der Waals surface area contributed by atoms with E-state index >= 15 is 0 Å². The van der Waals surface area contributed by atoms with E-state index in [4.69, 9.17) is 5.14 Å². The Morgan fingerprint density at radius 3 is 1.88 bits per heavy atom. The molecule has 5 aromatic carbocycles. The molecule has 6 rings (SSSR count). The molecule has 1 heterocycles. The van der Waals surface area contributed by atoms with Crippen molar-refractivity contribution in [1.29, 1.82) is 0 Å². The highest BCUT2D eigenvalue weighted by Crippen LogP contribution is 2.26. The van der Waals surface area contributed by atoms with Crippen molar-refractivity contribution in [2.45, 2.75) is 36.6 Å². The standard InChI is InChI=1S/C38H37N5O4S/c39-48(46,47)33-17-15-26(16-18-33)19-20-41-38(45)36(23-32-24-40-25-42-32)43-37(44)31(21-29-11-5-9-27-7-1-3-13-34(27)29)22-30-12-6-10-28-8-2-4-14-35(28)30/h1-18,24-25,31,36H,19-23H2,(H,40,42)(H,41,45)(H,43,44)(H2,39,46,47). The van der Waals surface area contributed by atoms with E-state index in [-0.39, 0.29) is 23.1 Å². The largest absolute Gasteiger partial charge is 0.354 e. The molecule has 0 radical (unpaired) electrons. The number of amides is 2. The summed E-state index contributed by atoms with van der Waals surface area (Å²) >= 11 is 0. The second-order valence-corrected chi connectivity index (χ2v) is 13.5. The van der Waals surface area contributed by atoms with Crippen molar-refractivity contribution in [3.8, 4) is 0 Å². The van der Waals surface area contributed by atoms with Crippen LogP contribution in [0.4, 0.5) is 0 Å². The van der Waals surface area contributed by atoms with E-state index in [9.17, 15) is 18.0 Å². The lowest BCUT2D eigenvalue weighted by molar-refractivity contribution is -0.131. The summed E-state index contributed by atoms with van der Waals surface area (Å²) in [5.74, 6) is -1.00. The van der Waals surface area contributed by atoms with Gasteiger partial charge >= 0.3 is 0 Å². The number of imidazole rings is 1. The SMILES string of the molecule is NS(=O)(=O)c1ccc(CCNC(=O)C(Cc2cnc[nH]2)NC(=O)C(Cc2cccc3ccccc23)Cc2cccc3ccccc23)cc1. The van der Waals surface area contributed by atoms with Crippen LogP contribution in [-0.2, 0) is 45.3 Å². The Morgan fingerprint density at radius 1 is 0.729 bits per heavy atom. The molecule has 1 aromatic heterocycles. The first-order valence-electron chi connectivity index (χ1n) is 15.8. The number of sulfonamides is 1. The number of benzene rings is 5. The van der Waals surface area contributed by atoms with Gasteiger partial charge in [0.2, 0.25) is 21.8 Å². The average molecular weight is 660 g/mol. The van der Waals surface area contributed by atoms with Crippen LogP contribution in [0.1, 0.15) is 22.4 Å². The Morgan fingerprint density at radius 2 is 1.31 bits per heavy atom. The normalized spacial score (nSPS) is 12.3. The van der Waals surface area contributed by atoms with E-state index in [1.54, 1.807) is 24.7 Å². The highest BCUT2D eigenvalue weighted by molar-refractivity contribution is 7.89. The number of primary sulfonamides is 1. The number of hydrogen-bond donors (Lipinski definition) is 4. The Bertz CT molecular complexity index is 2060. The number of nitrogens with zero attached hydrogens (tertiary/aromatic N) is 1. The minimum absolute atomic E-state index is 0.0270. The summed E-state index contributed by atoms with van der Waals surface area (Å²) in [5.41, 5.74) is 3.68. The van der Waals surface area contributed by atoms with E-state index in [0.717, 1.165) is 38.2 Å². The van der Waals surface area contributed by atoms with Crippen LogP contribution in [0.2, 0.25) is 0 Å². The van der Waals surface area contributed by atoms with Gasteiger partial charge in [0.15, 0.2) is 0 Å². The first-order valence-corrected chi connectivity index (χ1v) is 17.4. The summed E-state index contributed by atoms with van der Waals surface area (Å²) in [4.78, 5) is 35.1. The van der Waals surface area contributed by atoms with Crippen molar-refractivity contribution in [2.75, 3.05) is 6.54 Å². The van der Waals surface area contributed by atoms with E-state index < -0.39 is 22.0 Å². The molecule has 1 atom stereocenters. The molecule has 0 fully saturated rings. The molecule has 244 valence electrons. The first-order chi connectivity index (χ1) is 23.2. The molecule has 10 heteroatoms. The number of fused-ring (bicyclic) bond motifs is 2. The van der Waals surface area contributed by atoms with Crippen molar-refractivity contribution in [3.05, 3.63) is 144 Å². The lowest BCUT2D eigenvalue weighted by atomic mass is 9.87. The zero-order valence-electron chi connectivity index (χ0n) is 26.3. The average Bonchev–Trinajstić information content (AvgIpc) is 3.61. The Balaban J connectivity index is 1.23. The van der Waals surface area contributed by atoms with Crippen LogP contribution in [0.25, 0.3) is 21.5 Å². The number of nitrogens with two attached hydrogens (primary N) is 1. The van der Waals surface area contributed by atoms with E-state index in [0.29, 0.717) is 31.5 Å². The Kier molecular flexibility index (Phi) is 9.94. The smallest absolute Gasteiger partial charge is 0.242 e. The number of nitrogens with one attached hydrogen (secondary N) is 3. The fourth-order valence-corrected chi connectivity index (χ4v) is 6.66. The third-order valence-corrected chi connectivity index (χ3v) is 9.57. The van der Waals surface area contributed by atoms with E-state index in [2.05, 4.69) is 69.1 Å². The number of H-pyrrole nitrogens is 1.